The van der Waals surface area contributed by atoms with E-state index in [1.165, 1.54) is 19.2 Å². The fraction of sp³-hybridized carbons (Fsp3) is 0.467. The maximum atomic E-state index is 11.7. The highest BCUT2D eigenvalue weighted by molar-refractivity contribution is 6.31. The molecule has 0 fully saturated rings. The van der Waals surface area contributed by atoms with Crippen LogP contribution in [0.3, 0.4) is 0 Å². The van der Waals surface area contributed by atoms with Gasteiger partial charge in [0.2, 0.25) is 0 Å². The second kappa shape index (κ2) is 7.47. The van der Waals surface area contributed by atoms with Crippen LogP contribution < -0.4 is 5.32 Å². The zero-order valence-corrected chi connectivity index (χ0v) is 13.7. The fourth-order valence-electron chi connectivity index (χ4n) is 1.65. The summed E-state index contributed by atoms with van der Waals surface area (Å²) in [5, 5.41) is 12.7. The fourth-order valence-corrected chi connectivity index (χ4v) is 1.95. The standard InChI is InChI=1S/C15H20ClNO5/c1-15(2,3)22-14(20)17-9-5-6-10(11(16)7-9)12(18)8-13(19)21-4/h5-7,12,18H,8H2,1-4H3,(H,17,20). The molecular formula is C15H20ClNO5. The highest BCUT2D eigenvalue weighted by Gasteiger charge is 2.19. The molecule has 22 heavy (non-hydrogen) atoms. The van der Waals surface area contributed by atoms with Gasteiger partial charge in [-0.15, -0.1) is 0 Å². The lowest BCUT2D eigenvalue weighted by atomic mass is 10.1. The molecule has 2 N–H and O–H groups in total. The first-order valence-electron chi connectivity index (χ1n) is 6.66. The Bertz CT molecular complexity index is 553. The molecule has 7 heteroatoms. The van der Waals surface area contributed by atoms with Crippen LogP contribution in [0, 0.1) is 0 Å². The molecule has 0 bridgehead atoms. The summed E-state index contributed by atoms with van der Waals surface area (Å²) in [6.45, 7) is 5.27. The predicted molar refractivity (Wildman–Crippen MR) is 82.9 cm³/mol. The Kier molecular flexibility index (Phi) is 6.20. The van der Waals surface area contributed by atoms with Crippen molar-refractivity contribution in [2.24, 2.45) is 0 Å². The van der Waals surface area contributed by atoms with Gasteiger partial charge >= 0.3 is 12.1 Å². The highest BCUT2D eigenvalue weighted by atomic mass is 35.5. The number of aliphatic hydroxyl groups is 1. The second-order valence-electron chi connectivity index (χ2n) is 5.66. The molecule has 0 aliphatic carbocycles. The van der Waals surface area contributed by atoms with Gasteiger partial charge in [0.25, 0.3) is 0 Å². The van der Waals surface area contributed by atoms with Crippen LogP contribution in [0.4, 0.5) is 10.5 Å². The van der Waals surface area contributed by atoms with Crippen molar-refractivity contribution >= 4 is 29.4 Å². The molecule has 1 unspecified atom stereocenters. The Morgan fingerprint density at radius 1 is 1.36 bits per heavy atom. The van der Waals surface area contributed by atoms with Crippen LogP contribution in [0.15, 0.2) is 18.2 Å². The van der Waals surface area contributed by atoms with Crippen molar-refractivity contribution in [3.05, 3.63) is 28.8 Å². The lowest BCUT2D eigenvalue weighted by Gasteiger charge is -2.20. The highest BCUT2D eigenvalue weighted by Crippen LogP contribution is 2.28. The lowest BCUT2D eigenvalue weighted by Crippen LogP contribution is -2.27. The third kappa shape index (κ3) is 5.91. The zero-order valence-electron chi connectivity index (χ0n) is 13.0. The number of ether oxygens (including phenoxy) is 2. The number of carbonyl (C=O) groups is 2. The summed E-state index contributed by atoms with van der Waals surface area (Å²) in [6.07, 6.45) is -1.88. The first-order valence-corrected chi connectivity index (χ1v) is 7.04. The molecule has 1 atom stereocenters. The van der Waals surface area contributed by atoms with Crippen LogP contribution >= 0.6 is 11.6 Å². The van der Waals surface area contributed by atoms with Gasteiger partial charge in [0.05, 0.1) is 19.6 Å². The minimum Gasteiger partial charge on any atom is -0.469 e. The molecule has 0 radical (unpaired) electrons. The van der Waals surface area contributed by atoms with E-state index in [2.05, 4.69) is 10.1 Å². The zero-order chi connectivity index (χ0) is 16.9. The van der Waals surface area contributed by atoms with Crippen LogP contribution in [0.2, 0.25) is 5.02 Å². The van der Waals surface area contributed by atoms with E-state index in [0.29, 0.717) is 11.3 Å². The molecule has 0 aliphatic rings. The quantitative estimate of drug-likeness (QED) is 0.828. The molecule has 0 saturated heterocycles. The average Bonchev–Trinajstić information content (AvgIpc) is 2.35. The summed E-state index contributed by atoms with van der Waals surface area (Å²) in [6, 6.07) is 4.57. The van der Waals surface area contributed by atoms with Crippen LogP contribution in [-0.2, 0) is 14.3 Å². The van der Waals surface area contributed by atoms with Gasteiger partial charge in [0.1, 0.15) is 5.60 Å². The molecule has 0 aromatic heterocycles. The SMILES string of the molecule is COC(=O)CC(O)c1ccc(NC(=O)OC(C)(C)C)cc1Cl. The Hall–Kier alpha value is -1.79. The largest absolute Gasteiger partial charge is 0.469 e. The van der Waals surface area contributed by atoms with Crippen molar-refractivity contribution in [3.63, 3.8) is 0 Å². The average molecular weight is 330 g/mol. The molecule has 0 spiro atoms. The number of aliphatic hydroxyl groups excluding tert-OH is 1. The monoisotopic (exact) mass is 329 g/mol. The third-order valence-corrected chi connectivity index (χ3v) is 2.92. The summed E-state index contributed by atoms with van der Waals surface area (Å²) in [5.41, 5.74) is 0.194. The molecule has 1 rings (SSSR count). The normalized spacial score (nSPS) is 12.5. The topological polar surface area (TPSA) is 84.9 Å². The molecular weight excluding hydrogens is 310 g/mol. The van der Waals surface area contributed by atoms with E-state index in [4.69, 9.17) is 16.3 Å². The van der Waals surface area contributed by atoms with E-state index in [9.17, 15) is 14.7 Å². The number of amides is 1. The van der Waals surface area contributed by atoms with Crippen molar-refractivity contribution in [1.82, 2.24) is 0 Å². The number of esters is 1. The van der Waals surface area contributed by atoms with Gasteiger partial charge < -0.3 is 14.6 Å². The number of methoxy groups -OCH3 is 1. The summed E-state index contributed by atoms with van der Waals surface area (Å²) in [4.78, 5) is 22.8. The number of rotatable bonds is 4. The van der Waals surface area contributed by atoms with Crippen molar-refractivity contribution in [2.75, 3.05) is 12.4 Å². The third-order valence-electron chi connectivity index (χ3n) is 2.59. The number of halogens is 1. The Morgan fingerprint density at radius 3 is 2.50 bits per heavy atom. The molecule has 1 amide bonds. The van der Waals surface area contributed by atoms with Gasteiger partial charge in [-0.3, -0.25) is 10.1 Å². The van der Waals surface area contributed by atoms with Crippen molar-refractivity contribution < 1.29 is 24.2 Å². The van der Waals surface area contributed by atoms with Gasteiger partial charge in [-0.25, -0.2) is 4.79 Å². The van der Waals surface area contributed by atoms with E-state index in [1.807, 2.05) is 0 Å². The molecule has 1 aromatic rings. The number of hydrogen-bond acceptors (Lipinski definition) is 5. The summed E-state index contributed by atoms with van der Waals surface area (Å²) in [5.74, 6) is -0.542. The summed E-state index contributed by atoms with van der Waals surface area (Å²) < 4.78 is 9.61. The van der Waals surface area contributed by atoms with E-state index in [1.54, 1.807) is 26.8 Å². The first kappa shape index (κ1) is 18.3. The van der Waals surface area contributed by atoms with E-state index < -0.39 is 23.8 Å². The first-order chi connectivity index (χ1) is 10.1. The maximum Gasteiger partial charge on any atom is 0.412 e. The van der Waals surface area contributed by atoms with Crippen LogP contribution in [0.25, 0.3) is 0 Å². The minimum atomic E-state index is -1.07. The van der Waals surface area contributed by atoms with E-state index >= 15 is 0 Å². The number of nitrogens with one attached hydrogen (secondary N) is 1. The van der Waals surface area contributed by atoms with Gasteiger partial charge in [0, 0.05) is 10.7 Å². The predicted octanol–water partition coefficient (Wildman–Crippen LogP) is 3.28. The van der Waals surface area contributed by atoms with Crippen LogP contribution in [-0.4, -0.2) is 29.9 Å². The smallest absolute Gasteiger partial charge is 0.412 e. The molecule has 6 nitrogen and oxygen atoms in total. The molecule has 122 valence electrons. The number of anilines is 1. The summed E-state index contributed by atoms with van der Waals surface area (Å²) >= 11 is 6.06. The van der Waals surface area contributed by atoms with Crippen LogP contribution in [0.5, 0.6) is 0 Å². The Balaban J connectivity index is 2.77. The van der Waals surface area contributed by atoms with Gasteiger partial charge in [0.15, 0.2) is 0 Å². The summed E-state index contributed by atoms with van der Waals surface area (Å²) in [7, 11) is 1.24. The van der Waals surface area contributed by atoms with E-state index in [0.717, 1.165) is 0 Å². The van der Waals surface area contributed by atoms with Crippen LogP contribution in [0.1, 0.15) is 38.9 Å². The van der Waals surface area contributed by atoms with Gasteiger partial charge in [-0.2, -0.15) is 0 Å². The molecule has 0 aliphatic heterocycles. The van der Waals surface area contributed by atoms with E-state index in [-0.39, 0.29) is 11.4 Å². The Labute approximate surface area is 134 Å². The number of benzene rings is 1. The van der Waals surface area contributed by atoms with Crippen molar-refractivity contribution in [3.8, 4) is 0 Å². The minimum absolute atomic E-state index is 0.199. The second-order valence-corrected chi connectivity index (χ2v) is 6.07. The number of carbonyl (C=O) groups excluding carboxylic acids is 2. The molecule has 1 aromatic carbocycles. The number of hydrogen-bond donors (Lipinski definition) is 2. The Morgan fingerprint density at radius 2 is 2.00 bits per heavy atom. The lowest BCUT2D eigenvalue weighted by molar-refractivity contribution is -0.142. The van der Waals surface area contributed by atoms with Gasteiger partial charge in [-0.1, -0.05) is 17.7 Å². The molecule has 0 heterocycles. The maximum absolute atomic E-state index is 11.7. The van der Waals surface area contributed by atoms with Crippen molar-refractivity contribution in [1.29, 1.82) is 0 Å². The molecule has 0 saturated carbocycles. The van der Waals surface area contributed by atoms with Crippen molar-refractivity contribution in [2.45, 2.75) is 38.9 Å². The van der Waals surface area contributed by atoms with Gasteiger partial charge in [-0.05, 0) is 38.5 Å².